The van der Waals surface area contributed by atoms with Crippen molar-refractivity contribution in [2.75, 3.05) is 10.5 Å². The molecular weight excluding hydrogens is 411 g/mol. The molecule has 0 saturated carbocycles. The lowest BCUT2D eigenvalue weighted by molar-refractivity contribution is 0.597. The summed E-state index contributed by atoms with van der Waals surface area (Å²) in [4.78, 5) is 4.58. The number of benzene rings is 1. The standard InChI is InChI=1S/C11H9IN4O2S2/c12-7-1-3-8(4-2-7)15-20(17,18)10-9(13)14-11-16(10)5-6-19-11/h1-6,15H,13H2. The largest absolute Gasteiger partial charge is 0.381 e. The summed E-state index contributed by atoms with van der Waals surface area (Å²) in [5.74, 6) is -0.00476. The Hall–Kier alpha value is -1.33. The summed E-state index contributed by atoms with van der Waals surface area (Å²) in [5.41, 5.74) is 6.20. The summed E-state index contributed by atoms with van der Waals surface area (Å²) in [6, 6.07) is 7.03. The number of hydrogen-bond donors (Lipinski definition) is 2. The van der Waals surface area contributed by atoms with Gasteiger partial charge in [0.05, 0.1) is 0 Å². The normalized spacial score (nSPS) is 11.8. The van der Waals surface area contributed by atoms with Gasteiger partial charge in [-0.15, -0.1) is 11.3 Å². The summed E-state index contributed by atoms with van der Waals surface area (Å²) < 4.78 is 29.9. The third-order valence-corrected chi connectivity index (χ3v) is 5.49. The molecule has 6 nitrogen and oxygen atoms in total. The number of aromatic nitrogens is 2. The fourth-order valence-electron chi connectivity index (χ4n) is 1.77. The molecule has 0 atom stereocenters. The molecular formula is C11H9IN4O2S2. The molecule has 3 rings (SSSR count). The van der Waals surface area contributed by atoms with E-state index in [1.165, 1.54) is 15.7 Å². The van der Waals surface area contributed by atoms with E-state index in [0.29, 0.717) is 10.6 Å². The fraction of sp³-hybridized carbons (Fsp3) is 0. The van der Waals surface area contributed by atoms with Crippen LogP contribution in [0.1, 0.15) is 0 Å². The van der Waals surface area contributed by atoms with E-state index >= 15 is 0 Å². The molecule has 0 aliphatic rings. The number of nitrogens with one attached hydrogen (secondary N) is 1. The quantitative estimate of drug-likeness (QED) is 0.637. The second-order valence-electron chi connectivity index (χ2n) is 3.97. The lowest BCUT2D eigenvalue weighted by Crippen LogP contribution is -2.16. The van der Waals surface area contributed by atoms with Crippen molar-refractivity contribution in [2.45, 2.75) is 5.03 Å². The minimum Gasteiger partial charge on any atom is -0.381 e. The highest BCUT2D eigenvalue weighted by Gasteiger charge is 2.24. The van der Waals surface area contributed by atoms with Crippen molar-refractivity contribution < 1.29 is 8.42 Å². The number of fused-ring (bicyclic) bond motifs is 1. The van der Waals surface area contributed by atoms with E-state index in [4.69, 9.17) is 5.73 Å². The lowest BCUT2D eigenvalue weighted by Gasteiger charge is -2.07. The Kier molecular flexibility index (Phi) is 3.34. The molecule has 0 radical (unpaired) electrons. The van der Waals surface area contributed by atoms with E-state index in [9.17, 15) is 8.42 Å². The van der Waals surface area contributed by atoms with Crippen LogP contribution in [0.25, 0.3) is 4.96 Å². The molecule has 0 bridgehead atoms. The third kappa shape index (κ3) is 2.36. The molecule has 0 saturated heterocycles. The number of sulfonamides is 1. The van der Waals surface area contributed by atoms with Gasteiger partial charge in [-0.2, -0.15) is 8.42 Å². The Balaban J connectivity index is 2.05. The van der Waals surface area contributed by atoms with Gasteiger partial charge in [0.2, 0.25) is 5.03 Å². The third-order valence-electron chi connectivity index (χ3n) is 2.59. The summed E-state index contributed by atoms with van der Waals surface area (Å²) >= 11 is 3.48. The zero-order chi connectivity index (χ0) is 14.3. The Labute approximate surface area is 132 Å². The average Bonchev–Trinajstić information content (AvgIpc) is 2.91. The van der Waals surface area contributed by atoms with Crippen molar-refractivity contribution in [3.63, 3.8) is 0 Å². The summed E-state index contributed by atoms with van der Waals surface area (Å²) in [5, 5.41) is 1.72. The number of anilines is 2. The van der Waals surface area contributed by atoms with E-state index in [1.54, 1.807) is 23.7 Å². The fourth-order valence-corrected chi connectivity index (χ4v) is 4.18. The highest BCUT2D eigenvalue weighted by atomic mass is 127. The van der Waals surface area contributed by atoms with Crippen molar-refractivity contribution in [1.29, 1.82) is 0 Å². The Bertz CT molecular complexity index is 868. The first-order valence-electron chi connectivity index (χ1n) is 5.47. The number of imidazole rings is 1. The van der Waals surface area contributed by atoms with Gasteiger partial charge in [0.1, 0.15) is 0 Å². The van der Waals surface area contributed by atoms with Crippen LogP contribution in [0.5, 0.6) is 0 Å². The van der Waals surface area contributed by atoms with Gasteiger partial charge in [-0.05, 0) is 46.9 Å². The summed E-state index contributed by atoms with van der Waals surface area (Å²) in [6.07, 6.45) is 1.63. The molecule has 1 aromatic carbocycles. The van der Waals surface area contributed by atoms with E-state index in [0.717, 1.165) is 3.57 Å². The molecule has 20 heavy (non-hydrogen) atoms. The SMILES string of the molecule is Nc1nc2sccn2c1S(=O)(=O)Nc1ccc(I)cc1. The maximum absolute atomic E-state index is 12.4. The van der Waals surface area contributed by atoms with Crippen molar-refractivity contribution in [3.8, 4) is 0 Å². The molecule has 3 aromatic rings. The minimum atomic E-state index is -3.78. The van der Waals surface area contributed by atoms with Gasteiger partial charge in [-0.1, -0.05) is 0 Å². The monoisotopic (exact) mass is 420 g/mol. The first-order valence-corrected chi connectivity index (χ1v) is 8.91. The molecule has 0 aliphatic heterocycles. The number of nitrogens with two attached hydrogens (primary N) is 1. The van der Waals surface area contributed by atoms with Crippen LogP contribution in [0.3, 0.4) is 0 Å². The lowest BCUT2D eigenvalue weighted by atomic mass is 10.3. The first-order chi connectivity index (χ1) is 9.47. The van der Waals surface area contributed by atoms with Gasteiger partial charge < -0.3 is 5.73 Å². The molecule has 2 aromatic heterocycles. The van der Waals surface area contributed by atoms with Crippen LogP contribution in [-0.2, 0) is 10.0 Å². The predicted molar refractivity (Wildman–Crippen MR) is 87.4 cm³/mol. The first kappa shape index (κ1) is 13.6. The van der Waals surface area contributed by atoms with Crippen LogP contribution >= 0.6 is 33.9 Å². The minimum absolute atomic E-state index is 0.00476. The number of nitrogen functional groups attached to an aromatic ring is 1. The van der Waals surface area contributed by atoms with E-state index in [1.807, 2.05) is 12.1 Å². The van der Waals surface area contributed by atoms with Crippen molar-refractivity contribution in [1.82, 2.24) is 9.38 Å². The predicted octanol–water partition coefficient (Wildman–Crippen LogP) is 2.38. The van der Waals surface area contributed by atoms with Gasteiger partial charge >= 0.3 is 0 Å². The van der Waals surface area contributed by atoms with E-state index in [2.05, 4.69) is 32.3 Å². The molecule has 0 aliphatic carbocycles. The van der Waals surface area contributed by atoms with Gasteiger partial charge in [0.25, 0.3) is 10.0 Å². The maximum Gasteiger partial charge on any atom is 0.281 e. The molecule has 0 spiro atoms. The topological polar surface area (TPSA) is 89.5 Å². The number of halogens is 1. The van der Waals surface area contributed by atoms with Crippen LogP contribution in [0.15, 0.2) is 40.9 Å². The number of rotatable bonds is 3. The van der Waals surface area contributed by atoms with Crippen LogP contribution in [0.4, 0.5) is 11.5 Å². The second kappa shape index (κ2) is 4.90. The molecule has 9 heteroatoms. The molecule has 104 valence electrons. The summed E-state index contributed by atoms with van der Waals surface area (Å²) in [6.45, 7) is 0. The van der Waals surface area contributed by atoms with E-state index < -0.39 is 10.0 Å². The Morgan fingerprint density at radius 1 is 1.30 bits per heavy atom. The molecule has 3 N–H and O–H groups in total. The Morgan fingerprint density at radius 2 is 2.00 bits per heavy atom. The molecule has 2 heterocycles. The molecule has 0 fully saturated rings. The van der Waals surface area contributed by atoms with Crippen LogP contribution in [-0.4, -0.2) is 17.8 Å². The van der Waals surface area contributed by atoms with Gasteiger partial charge in [-0.25, -0.2) is 4.98 Å². The van der Waals surface area contributed by atoms with Crippen molar-refractivity contribution in [3.05, 3.63) is 39.4 Å². The summed E-state index contributed by atoms with van der Waals surface area (Å²) in [7, 11) is -3.78. The number of thiazole rings is 1. The number of nitrogens with zero attached hydrogens (tertiary/aromatic N) is 2. The maximum atomic E-state index is 12.4. The van der Waals surface area contributed by atoms with Crippen LogP contribution in [0.2, 0.25) is 0 Å². The van der Waals surface area contributed by atoms with Crippen LogP contribution < -0.4 is 10.5 Å². The number of hydrogen-bond acceptors (Lipinski definition) is 5. The smallest absolute Gasteiger partial charge is 0.281 e. The highest BCUT2D eigenvalue weighted by Crippen LogP contribution is 2.25. The molecule has 0 unspecified atom stereocenters. The zero-order valence-corrected chi connectivity index (χ0v) is 13.7. The van der Waals surface area contributed by atoms with Crippen LogP contribution in [0, 0.1) is 3.57 Å². The van der Waals surface area contributed by atoms with Gasteiger partial charge in [0.15, 0.2) is 10.8 Å². The van der Waals surface area contributed by atoms with E-state index in [-0.39, 0.29) is 10.8 Å². The Morgan fingerprint density at radius 3 is 2.70 bits per heavy atom. The molecule has 0 amide bonds. The van der Waals surface area contributed by atoms with Crippen molar-refractivity contribution >= 4 is 60.4 Å². The second-order valence-corrected chi connectivity index (χ2v) is 7.69. The highest BCUT2D eigenvalue weighted by molar-refractivity contribution is 14.1. The van der Waals surface area contributed by atoms with Gasteiger partial charge in [0, 0.05) is 20.8 Å². The average molecular weight is 420 g/mol. The zero-order valence-electron chi connectivity index (χ0n) is 9.95. The van der Waals surface area contributed by atoms with Gasteiger partial charge in [-0.3, -0.25) is 9.12 Å². The van der Waals surface area contributed by atoms with Crippen molar-refractivity contribution in [2.24, 2.45) is 0 Å².